The maximum Gasteiger partial charge on any atom is 0.167 e. The van der Waals surface area contributed by atoms with Gasteiger partial charge in [0.1, 0.15) is 22.3 Å². The molecule has 11 aromatic rings. The van der Waals surface area contributed by atoms with Gasteiger partial charge < -0.3 is 8.83 Å². The van der Waals surface area contributed by atoms with Gasteiger partial charge in [-0.05, 0) is 52.1 Å². The monoisotopic (exact) mass is 717 g/mol. The van der Waals surface area contributed by atoms with Gasteiger partial charge in [0, 0.05) is 32.7 Å². The molecule has 0 spiro atoms. The molecule has 11 rings (SSSR count). The maximum atomic E-state index is 6.55. The Morgan fingerprint density at radius 2 is 0.661 bits per heavy atom. The van der Waals surface area contributed by atoms with Crippen LogP contribution in [0.4, 0.5) is 0 Å². The van der Waals surface area contributed by atoms with Crippen LogP contribution in [0.15, 0.2) is 197 Å². The zero-order valence-electron chi connectivity index (χ0n) is 30.1. The summed E-state index contributed by atoms with van der Waals surface area (Å²) in [4.78, 5) is 15.9. The van der Waals surface area contributed by atoms with E-state index in [1.165, 1.54) is 0 Å². The first-order valence-corrected chi connectivity index (χ1v) is 18.7. The lowest BCUT2D eigenvalue weighted by atomic mass is 9.86. The standard InChI is InChI=1S/C51H31N3O2/c1-3-16-32(17-4-1)34-20-7-8-21-35(34)38-24-13-27-41(46(38)33-18-5-2-6-19-33)49-52-50(42-28-14-25-39-36-22-9-11-30-44(36)55-47(39)42)54-51(53-49)43-29-15-26-40-37-23-10-12-31-45(37)56-48(40)43/h1-31H. The average molecular weight is 718 g/mol. The predicted molar refractivity (Wildman–Crippen MR) is 227 cm³/mol. The van der Waals surface area contributed by atoms with Crippen molar-refractivity contribution in [1.29, 1.82) is 0 Å². The maximum absolute atomic E-state index is 6.55. The Labute approximate surface area is 322 Å². The Balaban J connectivity index is 1.22. The molecule has 0 radical (unpaired) electrons. The van der Waals surface area contributed by atoms with Crippen LogP contribution in [-0.4, -0.2) is 15.0 Å². The largest absolute Gasteiger partial charge is 0.455 e. The second kappa shape index (κ2) is 13.0. The Hall–Kier alpha value is -7.63. The summed E-state index contributed by atoms with van der Waals surface area (Å²) in [6, 6.07) is 64.6. The minimum atomic E-state index is 0.511. The molecular formula is C51H31N3O2. The van der Waals surface area contributed by atoms with Gasteiger partial charge in [0.15, 0.2) is 17.5 Å². The van der Waals surface area contributed by atoms with Crippen LogP contribution >= 0.6 is 0 Å². The van der Waals surface area contributed by atoms with E-state index in [2.05, 4.69) is 121 Å². The molecule has 0 N–H and O–H groups in total. The highest BCUT2D eigenvalue weighted by molar-refractivity contribution is 6.10. The molecule has 0 atom stereocenters. The van der Waals surface area contributed by atoms with Crippen LogP contribution in [0.3, 0.4) is 0 Å². The second-order valence-corrected chi connectivity index (χ2v) is 13.9. The van der Waals surface area contributed by atoms with E-state index in [0.29, 0.717) is 17.5 Å². The fourth-order valence-corrected chi connectivity index (χ4v) is 8.05. The fraction of sp³-hybridized carbons (Fsp3) is 0. The first kappa shape index (κ1) is 31.9. The minimum Gasteiger partial charge on any atom is -0.455 e. The van der Waals surface area contributed by atoms with Crippen LogP contribution in [0, 0.1) is 0 Å². The highest BCUT2D eigenvalue weighted by Crippen LogP contribution is 2.44. The number of nitrogens with zero attached hydrogens (tertiary/aromatic N) is 3. The third-order valence-corrected chi connectivity index (χ3v) is 10.6. The minimum absolute atomic E-state index is 0.511. The Morgan fingerprint density at radius 1 is 0.268 bits per heavy atom. The molecule has 0 bridgehead atoms. The number of hydrogen-bond donors (Lipinski definition) is 0. The van der Waals surface area contributed by atoms with Crippen molar-refractivity contribution in [3.8, 4) is 67.5 Å². The second-order valence-electron chi connectivity index (χ2n) is 13.9. The van der Waals surface area contributed by atoms with Crippen molar-refractivity contribution in [2.75, 3.05) is 0 Å². The quantitative estimate of drug-likeness (QED) is 0.171. The molecule has 8 aromatic carbocycles. The molecule has 3 heterocycles. The van der Waals surface area contributed by atoms with Crippen LogP contribution in [0.25, 0.3) is 111 Å². The lowest BCUT2D eigenvalue weighted by Gasteiger charge is -2.18. The molecule has 5 heteroatoms. The number of furan rings is 2. The molecule has 0 aliphatic heterocycles. The summed E-state index contributed by atoms with van der Waals surface area (Å²) < 4.78 is 13.1. The highest BCUT2D eigenvalue weighted by Gasteiger charge is 2.23. The van der Waals surface area contributed by atoms with Gasteiger partial charge in [0.05, 0.1) is 11.1 Å². The molecule has 0 aliphatic rings. The number of fused-ring (bicyclic) bond motifs is 6. The molecule has 0 unspecified atom stereocenters. The molecular weight excluding hydrogens is 687 g/mol. The number of para-hydroxylation sites is 4. The van der Waals surface area contributed by atoms with E-state index in [-0.39, 0.29) is 0 Å². The summed E-state index contributed by atoms with van der Waals surface area (Å²) in [5.41, 5.74) is 12.1. The lowest BCUT2D eigenvalue weighted by molar-refractivity contribution is 0.669. The van der Waals surface area contributed by atoms with Crippen LogP contribution in [0.1, 0.15) is 0 Å². The SMILES string of the molecule is c1ccc(-c2ccccc2-c2cccc(-c3nc(-c4cccc5c4oc4ccccc45)nc(-c4cccc5c4oc4ccccc45)n3)c2-c2ccccc2)cc1. The molecule has 5 nitrogen and oxygen atoms in total. The summed E-state index contributed by atoms with van der Waals surface area (Å²) in [6.45, 7) is 0. The predicted octanol–water partition coefficient (Wildman–Crippen LogP) is 13.7. The molecule has 0 saturated heterocycles. The van der Waals surface area contributed by atoms with E-state index < -0.39 is 0 Å². The van der Waals surface area contributed by atoms with E-state index in [0.717, 1.165) is 93.9 Å². The van der Waals surface area contributed by atoms with Crippen molar-refractivity contribution in [3.63, 3.8) is 0 Å². The van der Waals surface area contributed by atoms with Gasteiger partial charge in [0.2, 0.25) is 0 Å². The van der Waals surface area contributed by atoms with Gasteiger partial charge in [-0.25, -0.2) is 15.0 Å². The molecule has 262 valence electrons. The summed E-state index contributed by atoms with van der Waals surface area (Å²) in [5, 5.41) is 4.10. The zero-order valence-corrected chi connectivity index (χ0v) is 30.1. The first-order chi connectivity index (χ1) is 27.8. The molecule has 0 amide bonds. The fourth-order valence-electron chi connectivity index (χ4n) is 8.05. The van der Waals surface area contributed by atoms with Crippen LogP contribution in [0.5, 0.6) is 0 Å². The van der Waals surface area contributed by atoms with E-state index >= 15 is 0 Å². The van der Waals surface area contributed by atoms with Gasteiger partial charge in [-0.2, -0.15) is 0 Å². The van der Waals surface area contributed by atoms with Crippen molar-refractivity contribution >= 4 is 43.9 Å². The molecule has 0 aliphatic carbocycles. The van der Waals surface area contributed by atoms with Crippen LogP contribution in [0.2, 0.25) is 0 Å². The average Bonchev–Trinajstić information content (AvgIpc) is 3.85. The van der Waals surface area contributed by atoms with Crippen LogP contribution in [-0.2, 0) is 0 Å². The normalized spacial score (nSPS) is 11.6. The summed E-state index contributed by atoms with van der Waals surface area (Å²) in [7, 11) is 0. The van der Waals surface area contributed by atoms with Gasteiger partial charge in [-0.1, -0.05) is 164 Å². The third kappa shape index (κ3) is 5.21. The number of rotatable bonds is 6. The smallest absolute Gasteiger partial charge is 0.167 e. The Kier molecular flexibility index (Phi) is 7.42. The topological polar surface area (TPSA) is 65.0 Å². The van der Waals surface area contributed by atoms with Crippen molar-refractivity contribution in [1.82, 2.24) is 15.0 Å². The third-order valence-electron chi connectivity index (χ3n) is 10.6. The van der Waals surface area contributed by atoms with Crippen molar-refractivity contribution in [3.05, 3.63) is 188 Å². The lowest BCUT2D eigenvalue weighted by Crippen LogP contribution is -2.02. The van der Waals surface area contributed by atoms with E-state index in [1.807, 2.05) is 66.7 Å². The number of benzene rings is 8. The van der Waals surface area contributed by atoms with E-state index in [9.17, 15) is 0 Å². The van der Waals surface area contributed by atoms with E-state index in [4.69, 9.17) is 23.8 Å². The van der Waals surface area contributed by atoms with Crippen molar-refractivity contribution in [2.24, 2.45) is 0 Å². The van der Waals surface area contributed by atoms with Gasteiger partial charge in [0.25, 0.3) is 0 Å². The van der Waals surface area contributed by atoms with Gasteiger partial charge >= 0.3 is 0 Å². The molecule has 0 fully saturated rings. The zero-order chi connectivity index (χ0) is 37.0. The summed E-state index contributed by atoms with van der Waals surface area (Å²) in [5.74, 6) is 1.57. The number of aromatic nitrogens is 3. The van der Waals surface area contributed by atoms with Crippen molar-refractivity contribution in [2.45, 2.75) is 0 Å². The Bertz CT molecular complexity index is 3120. The summed E-state index contributed by atoms with van der Waals surface area (Å²) >= 11 is 0. The molecule has 56 heavy (non-hydrogen) atoms. The van der Waals surface area contributed by atoms with Crippen molar-refractivity contribution < 1.29 is 8.83 Å². The number of hydrogen-bond acceptors (Lipinski definition) is 5. The summed E-state index contributed by atoms with van der Waals surface area (Å²) in [6.07, 6.45) is 0. The molecule has 3 aromatic heterocycles. The van der Waals surface area contributed by atoms with Crippen LogP contribution < -0.4 is 0 Å². The first-order valence-electron chi connectivity index (χ1n) is 18.7. The Morgan fingerprint density at radius 3 is 1.25 bits per heavy atom. The van der Waals surface area contributed by atoms with E-state index in [1.54, 1.807) is 0 Å². The van der Waals surface area contributed by atoms with Gasteiger partial charge in [-0.15, -0.1) is 0 Å². The highest BCUT2D eigenvalue weighted by atomic mass is 16.3. The van der Waals surface area contributed by atoms with Gasteiger partial charge in [-0.3, -0.25) is 0 Å². The molecule has 0 saturated carbocycles.